The average molecular weight is 315 g/mol. The summed E-state index contributed by atoms with van der Waals surface area (Å²) in [5, 5.41) is 2.50. The van der Waals surface area contributed by atoms with E-state index in [1.54, 1.807) is 6.92 Å². The Morgan fingerprint density at radius 3 is 2.33 bits per heavy atom. The van der Waals surface area contributed by atoms with Crippen molar-refractivity contribution >= 4 is 21.8 Å². The van der Waals surface area contributed by atoms with Gasteiger partial charge in [0.1, 0.15) is 4.90 Å². The van der Waals surface area contributed by atoms with Gasteiger partial charge < -0.3 is 10.1 Å². The number of carbonyl (C=O) groups is 1. The van der Waals surface area contributed by atoms with Crippen LogP contribution in [0.15, 0.2) is 29.2 Å². The Balaban J connectivity index is 2.25. The van der Waals surface area contributed by atoms with E-state index < -0.39 is 21.0 Å². The molecule has 1 aliphatic rings. The molecule has 4 unspecified atom stereocenters. The summed E-state index contributed by atoms with van der Waals surface area (Å²) in [6, 6.07) is 5.41. The van der Waals surface area contributed by atoms with Crippen molar-refractivity contribution in [2.45, 2.75) is 37.9 Å². The van der Waals surface area contributed by atoms with E-state index in [4.69, 9.17) is 4.74 Å². The predicted octanol–water partition coefficient (Wildman–Crippen LogP) is 2.34. The largest absolute Gasteiger partial charge is 0.374 e. The summed E-state index contributed by atoms with van der Waals surface area (Å²) < 4.78 is 41.0. The predicted molar refractivity (Wildman–Crippen MR) is 76.0 cm³/mol. The Labute approximate surface area is 123 Å². The van der Waals surface area contributed by atoms with Crippen LogP contribution in [-0.2, 0) is 19.8 Å². The van der Waals surface area contributed by atoms with E-state index in [2.05, 4.69) is 5.32 Å². The molecule has 2 rings (SSSR count). The third-order valence-corrected chi connectivity index (χ3v) is 4.83. The third kappa shape index (κ3) is 3.24. The number of hydrogen-bond acceptors (Lipinski definition) is 4. The lowest BCUT2D eigenvalue weighted by atomic mass is 9.89. The first-order valence-electron chi connectivity index (χ1n) is 6.72. The summed E-state index contributed by atoms with van der Waals surface area (Å²) in [4.78, 5) is 11.8. The molecule has 0 spiro atoms. The minimum Gasteiger partial charge on any atom is -0.374 e. The number of benzene rings is 1. The summed E-state index contributed by atoms with van der Waals surface area (Å²) in [5.41, 5.74) is -0.0519. The van der Waals surface area contributed by atoms with Crippen LogP contribution in [0.1, 0.15) is 20.8 Å². The van der Waals surface area contributed by atoms with Crippen LogP contribution < -0.4 is 5.32 Å². The van der Waals surface area contributed by atoms with E-state index in [1.165, 1.54) is 18.2 Å². The fraction of sp³-hybridized carbons (Fsp3) is 0.500. The fourth-order valence-corrected chi connectivity index (χ4v) is 3.34. The van der Waals surface area contributed by atoms with Crippen molar-refractivity contribution in [2.75, 3.05) is 5.32 Å². The van der Waals surface area contributed by atoms with Gasteiger partial charge in [0.05, 0.1) is 23.8 Å². The van der Waals surface area contributed by atoms with Crippen molar-refractivity contribution in [2.24, 2.45) is 11.8 Å². The van der Waals surface area contributed by atoms with Crippen molar-refractivity contribution in [1.82, 2.24) is 0 Å². The van der Waals surface area contributed by atoms with Crippen molar-refractivity contribution in [3.8, 4) is 0 Å². The maximum Gasteiger partial charge on any atom is 0.334 e. The van der Waals surface area contributed by atoms with Crippen LogP contribution in [0.5, 0.6) is 0 Å². The van der Waals surface area contributed by atoms with Gasteiger partial charge in [0.2, 0.25) is 5.91 Å². The van der Waals surface area contributed by atoms with Crippen LogP contribution in [0.2, 0.25) is 0 Å². The monoisotopic (exact) mass is 315 g/mol. The van der Waals surface area contributed by atoms with Crippen LogP contribution in [0.3, 0.4) is 0 Å². The van der Waals surface area contributed by atoms with E-state index in [-0.39, 0.29) is 29.7 Å². The first-order valence-corrected chi connectivity index (χ1v) is 8.10. The molecule has 1 saturated heterocycles. The van der Waals surface area contributed by atoms with E-state index in [9.17, 15) is 17.1 Å². The van der Waals surface area contributed by atoms with Crippen LogP contribution in [-0.4, -0.2) is 26.5 Å². The molecule has 21 heavy (non-hydrogen) atoms. The van der Waals surface area contributed by atoms with Crippen molar-refractivity contribution in [3.63, 3.8) is 0 Å². The van der Waals surface area contributed by atoms with E-state index >= 15 is 0 Å². The van der Waals surface area contributed by atoms with Crippen LogP contribution in [0, 0.1) is 11.8 Å². The molecule has 1 heterocycles. The van der Waals surface area contributed by atoms with E-state index in [0.717, 1.165) is 6.07 Å². The Bertz CT molecular complexity index is 646. The van der Waals surface area contributed by atoms with E-state index in [0.29, 0.717) is 0 Å². The lowest BCUT2D eigenvalue weighted by Gasteiger charge is -2.18. The highest BCUT2D eigenvalue weighted by atomic mass is 32.3. The molecule has 0 radical (unpaired) electrons. The highest BCUT2D eigenvalue weighted by Crippen LogP contribution is 2.33. The quantitative estimate of drug-likeness (QED) is 0.869. The number of hydrogen-bond donors (Lipinski definition) is 1. The smallest absolute Gasteiger partial charge is 0.334 e. The summed E-state index contributed by atoms with van der Waals surface area (Å²) in [5.74, 6) is -0.778. The molecule has 7 heteroatoms. The maximum absolute atomic E-state index is 13.2. The minimum absolute atomic E-state index is 0.00542. The van der Waals surface area contributed by atoms with Gasteiger partial charge in [-0.05, 0) is 31.9 Å². The van der Waals surface area contributed by atoms with Gasteiger partial charge in [0.15, 0.2) is 0 Å². The van der Waals surface area contributed by atoms with Crippen molar-refractivity contribution < 1.29 is 21.8 Å². The van der Waals surface area contributed by atoms with E-state index in [1.807, 2.05) is 13.8 Å². The van der Waals surface area contributed by atoms with Gasteiger partial charge in [-0.2, -0.15) is 8.42 Å². The number of para-hydroxylation sites is 1. The molecule has 5 nitrogen and oxygen atoms in total. The normalized spacial score (nSPS) is 29.3. The molecule has 0 bridgehead atoms. The standard InChI is InChI=1S/C14H18FNO4S/c1-8-9(2)20-10(3)13(8)14(17)16-11-6-4-5-7-12(11)21(15,18)19/h4-10,13H,1-3H3,(H,16,17). The molecule has 0 aliphatic carbocycles. The molecule has 1 N–H and O–H groups in total. The minimum atomic E-state index is -4.89. The molecule has 1 aromatic carbocycles. The molecule has 1 aromatic rings. The number of carbonyl (C=O) groups excluding carboxylic acids is 1. The van der Waals surface area contributed by atoms with Crippen LogP contribution in [0.4, 0.5) is 9.57 Å². The summed E-state index contributed by atoms with van der Waals surface area (Å²) in [6.07, 6.45) is -0.333. The van der Waals surface area contributed by atoms with Crippen LogP contribution >= 0.6 is 0 Å². The van der Waals surface area contributed by atoms with Gasteiger partial charge in [-0.3, -0.25) is 4.79 Å². The van der Waals surface area contributed by atoms with Gasteiger partial charge in [-0.25, -0.2) is 0 Å². The summed E-state index contributed by atoms with van der Waals surface area (Å²) >= 11 is 0. The van der Waals surface area contributed by atoms with Crippen molar-refractivity contribution in [3.05, 3.63) is 24.3 Å². The molecule has 0 aromatic heterocycles. The number of ether oxygens (including phenoxy) is 1. The number of halogens is 1. The molecule has 1 fully saturated rings. The average Bonchev–Trinajstić information content (AvgIpc) is 2.62. The lowest BCUT2D eigenvalue weighted by Crippen LogP contribution is -2.32. The molecule has 1 amide bonds. The Morgan fingerprint density at radius 2 is 1.81 bits per heavy atom. The second-order valence-electron chi connectivity index (χ2n) is 5.35. The van der Waals surface area contributed by atoms with Gasteiger partial charge in [0.25, 0.3) is 0 Å². The molecule has 4 atom stereocenters. The number of amides is 1. The Kier molecular flexibility index (Phi) is 4.34. The topological polar surface area (TPSA) is 72.5 Å². The first-order chi connectivity index (χ1) is 9.71. The Hall–Kier alpha value is -1.47. The van der Waals surface area contributed by atoms with Gasteiger partial charge >= 0.3 is 10.2 Å². The zero-order valence-corrected chi connectivity index (χ0v) is 12.9. The van der Waals surface area contributed by atoms with Gasteiger partial charge in [0, 0.05) is 0 Å². The molecular weight excluding hydrogens is 297 g/mol. The number of anilines is 1. The first kappa shape index (κ1) is 15.9. The maximum atomic E-state index is 13.2. The second kappa shape index (κ2) is 5.73. The van der Waals surface area contributed by atoms with Crippen molar-refractivity contribution in [1.29, 1.82) is 0 Å². The lowest BCUT2D eigenvalue weighted by molar-refractivity contribution is -0.121. The summed E-state index contributed by atoms with van der Waals surface area (Å²) in [6.45, 7) is 5.58. The highest BCUT2D eigenvalue weighted by Gasteiger charge is 2.41. The Morgan fingerprint density at radius 1 is 1.19 bits per heavy atom. The van der Waals surface area contributed by atoms with Crippen LogP contribution in [0.25, 0.3) is 0 Å². The molecule has 116 valence electrons. The number of rotatable bonds is 3. The molecular formula is C14H18FNO4S. The zero-order chi connectivity index (χ0) is 15.8. The number of nitrogens with one attached hydrogen (secondary N) is 1. The van der Waals surface area contributed by atoms with Gasteiger partial charge in [-0.15, -0.1) is 3.89 Å². The third-order valence-electron chi connectivity index (χ3n) is 3.95. The molecule has 1 aliphatic heterocycles. The second-order valence-corrected chi connectivity index (χ2v) is 6.67. The fourth-order valence-electron chi connectivity index (χ4n) is 2.72. The summed E-state index contributed by atoms with van der Waals surface area (Å²) in [7, 11) is -4.89. The molecule has 0 saturated carbocycles. The SMILES string of the molecule is CC1OC(C)C(C(=O)Nc2ccccc2S(=O)(=O)F)C1C. The zero-order valence-electron chi connectivity index (χ0n) is 12.0. The highest BCUT2D eigenvalue weighted by molar-refractivity contribution is 7.86. The van der Waals surface area contributed by atoms with Gasteiger partial charge in [-0.1, -0.05) is 19.1 Å².